The molecule has 2 aromatic rings. The Hall–Kier alpha value is -2.96. The maximum atomic E-state index is 13.2. The van der Waals surface area contributed by atoms with Crippen LogP contribution < -0.4 is 0 Å². The molecule has 7 heteroatoms. The van der Waals surface area contributed by atoms with Crippen LogP contribution in [-0.4, -0.2) is 46.9 Å². The minimum atomic E-state index is -0.426. The monoisotopic (exact) mass is 524 g/mol. The van der Waals surface area contributed by atoms with Crippen LogP contribution in [0.15, 0.2) is 55.1 Å². The molecule has 0 radical (unpaired) electrons. The molecule has 6 nitrogen and oxygen atoms in total. The summed E-state index contributed by atoms with van der Waals surface area (Å²) in [7, 11) is 0. The minimum Gasteiger partial charge on any atom is -0.332 e. The number of rotatable bonds is 10. The van der Waals surface area contributed by atoms with Crippen LogP contribution in [0.5, 0.6) is 0 Å². The molecular formula is C30H37ClN2O4. The van der Waals surface area contributed by atoms with Gasteiger partial charge in [-0.15, -0.1) is 11.6 Å². The number of imide groups is 1. The summed E-state index contributed by atoms with van der Waals surface area (Å²) in [5.74, 6) is -0.862. The molecule has 4 rings (SSSR count). The zero-order valence-corrected chi connectivity index (χ0v) is 22.6. The third-order valence-corrected chi connectivity index (χ3v) is 6.61. The van der Waals surface area contributed by atoms with E-state index in [1.165, 1.54) is 6.42 Å². The van der Waals surface area contributed by atoms with Crippen molar-refractivity contribution in [2.75, 3.05) is 13.2 Å². The summed E-state index contributed by atoms with van der Waals surface area (Å²) in [5.41, 5.74) is 2.30. The average Bonchev–Trinajstić information content (AvgIpc) is 3.50. The van der Waals surface area contributed by atoms with E-state index in [0.717, 1.165) is 42.7 Å². The van der Waals surface area contributed by atoms with Crippen LogP contribution in [0.4, 0.5) is 0 Å². The summed E-state index contributed by atoms with van der Waals surface area (Å²) in [6, 6.07) is 12.5. The van der Waals surface area contributed by atoms with Crippen molar-refractivity contribution in [2.45, 2.75) is 71.3 Å². The SMILES string of the molecule is C=CCN(C(=O)c1cc(Cl)cc(CCCCON2C(=O)c3ccccc3C2=O)c1)C1CCCC1.CCC. The molecule has 0 bridgehead atoms. The number of unbranched alkanes of at least 4 members (excludes halogenated alkanes) is 1. The Balaban J connectivity index is 0.00000121. The second-order valence-corrected chi connectivity index (χ2v) is 9.92. The van der Waals surface area contributed by atoms with Crippen LogP contribution in [0.2, 0.25) is 5.02 Å². The molecule has 2 aliphatic rings. The topological polar surface area (TPSA) is 66.9 Å². The molecule has 198 valence electrons. The van der Waals surface area contributed by atoms with Crippen molar-refractivity contribution in [2.24, 2.45) is 0 Å². The lowest BCUT2D eigenvalue weighted by molar-refractivity contribution is -0.0922. The molecule has 1 fully saturated rings. The molecule has 0 saturated heterocycles. The lowest BCUT2D eigenvalue weighted by Crippen LogP contribution is -2.39. The van der Waals surface area contributed by atoms with Crippen LogP contribution >= 0.6 is 11.6 Å². The Labute approximate surface area is 225 Å². The van der Waals surface area contributed by atoms with Gasteiger partial charge < -0.3 is 4.90 Å². The first-order valence-electron chi connectivity index (χ1n) is 13.2. The minimum absolute atomic E-state index is 0.00972. The maximum absolute atomic E-state index is 13.2. The van der Waals surface area contributed by atoms with Gasteiger partial charge in [-0.3, -0.25) is 19.2 Å². The van der Waals surface area contributed by atoms with Crippen LogP contribution in [-0.2, 0) is 11.3 Å². The van der Waals surface area contributed by atoms with Gasteiger partial charge in [0.25, 0.3) is 17.7 Å². The van der Waals surface area contributed by atoms with Crippen molar-refractivity contribution in [1.82, 2.24) is 9.96 Å². The summed E-state index contributed by atoms with van der Waals surface area (Å²) in [6.45, 7) is 8.83. The van der Waals surface area contributed by atoms with Crippen molar-refractivity contribution in [3.63, 3.8) is 0 Å². The number of amides is 3. The van der Waals surface area contributed by atoms with Gasteiger partial charge in [0.2, 0.25) is 0 Å². The largest absolute Gasteiger partial charge is 0.332 e. The summed E-state index contributed by atoms with van der Waals surface area (Å²) in [4.78, 5) is 45.3. The number of carbonyl (C=O) groups is 3. The molecule has 0 aromatic heterocycles. The standard InChI is InChI=1S/C27H29ClN2O4.C3H8/c1-2-14-29(22-10-3-4-11-22)25(31)20-16-19(17-21(28)18-20)9-7-8-15-34-30-26(32)23-12-5-6-13-24(23)27(30)33;1-3-2/h2,5-6,12-13,16-18,22H,1,3-4,7-11,14-15H2;3H2,1-2H3. The van der Waals surface area contributed by atoms with E-state index < -0.39 is 11.8 Å². The molecule has 1 aliphatic carbocycles. The first kappa shape index (κ1) is 28.6. The normalized spacial score (nSPS) is 14.8. The van der Waals surface area contributed by atoms with Crippen LogP contribution in [0, 0.1) is 0 Å². The Kier molecular flexibility index (Phi) is 10.9. The Bertz CT molecular complexity index is 1080. The summed E-state index contributed by atoms with van der Waals surface area (Å²) >= 11 is 6.34. The molecule has 0 N–H and O–H groups in total. The Morgan fingerprint density at radius 3 is 2.30 bits per heavy atom. The number of halogens is 1. The highest BCUT2D eigenvalue weighted by Gasteiger charge is 2.36. The lowest BCUT2D eigenvalue weighted by atomic mass is 10.0. The molecule has 1 aliphatic heterocycles. The highest BCUT2D eigenvalue weighted by Crippen LogP contribution is 2.27. The highest BCUT2D eigenvalue weighted by molar-refractivity contribution is 6.31. The highest BCUT2D eigenvalue weighted by atomic mass is 35.5. The first-order chi connectivity index (χ1) is 17.9. The van der Waals surface area contributed by atoms with E-state index in [9.17, 15) is 14.4 Å². The Morgan fingerprint density at radius 2 is 1.70 bits per heavy atom. The lowest BCUT2D eigenvalue weighted by Gasteiger charge is -2.28. The van der Waals surface area contributed by atoms with Gasteiger partial charge in [0.15, 0.2) is 0 Å². The predicted octanol–water partition coefficient (Wildman–Crippen LogP) is 6.88. The summed E-state index contributed by atoms with van der Waals surface area (Å²) in [5, 5.41) is 1.38. The van der Waals surface area contributed by atoms with Crippen molar-refractivity contribution < 1.29 is 19.2 Å². The van der Waals surface area contributed by atoms with Crippen molar-refractivity contribution in [1.29, 1.82) is 0 Å². The van der Waals surface area contributed by atoms with Gasteiger partial charge in [0.1, 0.15) is 0 Å². The molecule has 2 aromatic carbocycles. The fourth-order valence-electron chi connectivity index (χ4n) is 4.71. The smallest absolute Gasteiger partial charge is 0.285 e. The fourth-order valence-corrected chi connectivity index (χ4v) is 4.97. The van der Waals surface area contributed by atoms with Crippen molar-refractivity contribution in [3.8, 4) is 0 Å². The van der Waals surface area contributed by atoms with E-state index in [2.05, 4.69) is 20.4 Å². The van der Waals surface area contributed by atoms with Crippen molar-refractivity contribution >= 4 is 29.3 Å². The van der Waals surface area contributed by atoms with E-state index >= 15 is 0 Å². The van der Waals surface area contributed by atoms with Gasteiger partial charge in [0, 0.05) is 23.2 Å². The quantitative estimate of drug-likeness (QED) is 0.193. The van der Waals surface area contributed by atoms with Crippen LogP contribution in [0.1, 0.15) is 95.4 Å². The molecule has 1 saturated carbocycles. The maximum Gasteiger partial charge on any atom is 0.285 e. The van der Waals surface area contributed by atoms with E-state index in [4.69, 9.17) is 16.4 Å². The average molecular weight is 525 g/mol. The van der Waals surface area contributed by atoms with E-state index in [1.54, 1.807) is 36.4 Å². The fraction of sp³-hybridized carbons (Fsp3) is 0.433. The molecule has 0 spiro atoms. The predicted molar refractivity (Wildman–Crippen MR) is 147 cm³/mol. The number of benzene rings is 2. The molecule has 0 unspecified atom stereocenters. The summed E-state index contributed by atoms with van der Waals surface area (Å²) in [6.07, 6.45) is 9.49. The molecule has 1 heterocycles. The van der Waals surface area contributed by atoms with Gasteiger partial charge in [-0.25, -0.2) is 0 Å². The number of fused-ring (bicyclic) bond motifs is 1. The summed E-state index contributed by atoms with van der Waals surface area (Å²) < 4.78 is 0. The van der Waals surface area contributed by atoms with Crippen LogP contribution in [0.25, 0.3) is 0 Å². The molecule has 0 atom stereocenters. The number of hydrogen-bond acceptors (Lipinski definition) is 4. The van der Waals surface area contributed by atoms with Gasteiger partial charge in [0.05, 0.1) is 17.7 Å². The van der Waals surface area contributed by atoms with Gasteiger partial charge in [-0.1, -0.05) is 62.9 Å². The van der Waals surface area contributed by atoms with E-state index in [-0.39, 0.29) is 18.6 Å². The molecule has 3 amide bonds. The second-order valence-electron chi connectivity index (χ2n) is 9.48. The second kappa shape index (κ2) is 14.1. The molecular weight excluding hydrogens is 488 g/mol. The number of carbonyl (C=O) groups excluding carboxylic acids is 3. The number of aryl methyl sites for hydroxylation is 1. The zero-order valence-electron chi connectivity index (χ0n) is 21.9. The number of hydroxylamine groups is 2. The number of hydrogen-bond donors (Lipinski definition) is 0. The van der Waals surface area contributed by atoms with Gasteiger partial charge in [-0.05, 0) is 68.0 Å². The van der Waals surface area contributed by atoms with E-state index in [1.807, 2.05) is 17.0 Å². The first-order valence-corrected chi connectivity index (χ1v) is 13.6. The van der Waals surface area contributed by atoms with Crippen molar-refractivity contribution in [3.05, 3.63) is 82.4 Å². The van der Waals surface area contributed by atoms with Crippen LogP contribution in [0.3, 0.4) is 0 Å². The zero-order chi connectivity index (χ0) is 26.8. The third-order valence-electron chi connectivity index (χ3n) is 6.39. The van der Waals surface area contributed by atoms with Gasteiger partial charge >= 0.3 is 0 Å². The molecule has 37 heavy (non-hydrogen) atoms. The van der Waals surface area contributed by atoms with E-state index in [0.29, 0.717) is 41.1 Å². The Morgan fingerprint density at radius 1 is 1.08 bits per heavy atom. The third kappa shape index (κ3) is 7.30. The number of nitrogens with zero attached hydrogens (tertiary/aromatic N) is 2. The van der Waals surface area contributed by atoms with Gasteiger partial charge in [-0.2, -0.15) is 0 Å².